The van der Waals surface area contributed by atoms with Crippen molar-refractivity contribution in [2.75, 3.05) is 0 Å². The standard InChI is InChI=1S/C15H16BrNO/c16-15-8-4-3-7-14(15)11-18-10-13-6-2-1-5-12(13)9-17/h1-8H,9-11,17H2. The summed E-state index contributed by atoms with van der Waals surface area (Å²) >= 11 is 3.51. The summed E-state index contributed by atoms with van der Waals surface area (Å²) in [6.07, 6.45) is 0. The van der Waals surface area contributed by atoms with Crippen LogP contribution in [0.4, 0.5) is 0 Å². The Morgan fingerprint density at radius 2 is 1.39 bits per heavy atom. The number of hydrogen-bond donors (Lipinski definition) is 1. The van der Waals surface area contributed by atoms with E-state index in [1.165, 1.54) is 0 Å². The summed E-state index contributed by atoms with van der Waals surface area (Å²) in [5.41, 5.74) is 9.15. The Morgan fingerprint density at radius 3 is 2.06 bits per heavy atom. The van der Waals surface area contributed by atoms with Gasteiger partial charge in [0.2, 0.25) is 0 Å². The molecular formula is C15H16BrNO. The largest absolute Gasteiger partial charge is 0.372 e. The summed E-state index contributed by atoms with van der Waals surface area (Å²) in [6, 6.07) is 16.2. The van der Waals surface area contributed by atoms with Crippen LogP contribution in [0.15, 0.2) is 53.0 Å². The van der Waals surface area contributed by atoms with E-state index in [1.54, 1.807) is 0 Å². The van der Waals surface area contributed by atoms with E-state index >= 15 is 0 Å². The van der Waals surface area contributed by atoms with Crippen LogP contribution in [-0.4, -0.2) is 0 Å². The van der Waals surface area contributed by atoms with Crippen LogP contribution in [0.1, 0.15) is 16.7 Å². The maximum Gasteiger partial charge on any atom is 0.0732 e. The van der Waals surface area contributed by atoms with E-state index in [0.29, 0.717) is 19.8 Å². The molecule has 0 aliphatic heterocycles. The molecule has 0 heterocycles. The second kappa shape index (κ2) is 6.69. The van der Waals surface area contributed by atoms with Crippen LogP contribution in [0.25, 0.3) is 0 Å². The van der Waals surface area contributed by atoms with Gasteiger partial charge in [-0.15, -0.1) is 0 Å². The van der Waals surface area contributed by atoms with Crippen LogP contribution in [0.5, 0.6) is 0 Å². The van der Waals surface area contributed by atoms with E-state index in [1.807, 2.05) is 36.4 Å². The van der Waals surface area contributed by atoms with Crippen LogP contribution in [0.2, 0.25) is 0 Å². The Kier molecular flexibility index (Phi) is 4.93. The highest BCUT2D eigenvalue weighted by molar-refractivity contribution is 9.10. The predicted octanol–water partition coefficient (Wildman–Crippen LogP) is 3.62. The molecule has 2 nitrogen and oxygen atoms in total. The molecule has 0 unspecified atom stereocenters. The number of rotatable bonds is 5. The third-order valence-corrected chi connectivity index (χ3v) is 3.58. The highest BCUT2D eigenvalue weighted by atomic mass is 79.9. The Balaban J connectivity index is 1.95. The normalized spacial score (nSPS) is 10.6. The first-order valence-corrected chi connectivity index (χ1v) is 6.68. The smallest absolute Gasteiger partial charge is 0.0732 e. The minimum absolute atomic E-state index is 0.550. The number of benzene rings is 2. The maximum atomic E-state index is 5.74. The molecule has 0 aliphatic carbocycles. The Hall–Kier alpha value is -1.16. The molecule has 94 valence electrons. The number of hydrogen-bond acceptors (Lipinski definition) is 2. The fourth-order valence-electron chi connectivity index (χ4n) is 1.78. The molecule has 0 fully saturated rings. The molecule has 0 saturated carbocycles. The van der Waals surface area contributed by atoms with Gasteiger partial charge in [-0.2, -0.15) is 0 Å². The van der Waals surface area contributed by atoms with E-state index in [2.05, 4.69) is 28.1 Å². The van der Waals surface area contributed by atoms with Crippen molar-refractivity contribution >= 4 is 15.9 Å². The SMILES string of the molecule is NCc1ccccc1COCc1ccccc1Br. The molecule has 0 saturated heterocycles. The van der Waals surface area contributed by atoms with Gasteiger partial charge in [0.25, 0.3) is 0 Å². The van der Waals surface area contributed by atoms with E-state index in [-0.39, 0.29) is 0 Å². The lowest BCUT2D eigenvalue weighted by Gasteiger charge is -2.09. The summed E-state index contributed by atoms with van der Waals surface area (Å²) in [4.78, 5) is 0. The summed E-state index contributed by atoms with van der Waals surface area (Å²) in [5.74, 6) is 0. The summed E-state index contributed by atoms with van der Waals surface area (Å²) in [5, 5.41) is 0. The van der Waals surface area contributed by atoms with Crippen LogP contribution < -0.4 is 5.73 Å². The van der Waals surface area contributed by atoms with Gasteiger partial charge in [0.15, 0.2) is 0 Å². The molecule has 18 heavy (non-hydrogen) atoms. The maximum absolute atomic E-state index is 5.74. The number of nitrogens with two attached hydrogens (primary N) is 1. The van der Waals surface area contributed by atoms with Crippen LogP contribution >= 0.6 is 15.9 Å². The first-order chi connectivity index (χ1) is 8.81. The molecule has 3 heteroatoms. The van der Waals surface area contributed by atoms with Gasteiger partial charge in [-0.05, 0) is 22.8 Å². The van der Waals surface area contributed by atoms with Gasteiger partial charge in [0.1, 0.15) is 0 Å². The second-order valence-electron chi connectivity index (χ2n) is 4.06. The molecular weight excluding hydrogens is 290 g/mol. The molecule has 2 aromatic carbocycles. The highest BCUT2D eigenvalue weighted by Gasteiger charge is 2.02. The Morgan fingerprint density at radius 1 is 0.833 bits per heavy atom. The van der Waals surface area contributed by atoms with Gasteiger partial charge in [0.05, 0.1) is 13.2 Å². The van der Waals surface area contributed by atoms with Crippen molar-refractivity contribution in [3.63, 3.8) is 0 Å². The van der Waals surface area contributed by atoms with Crippen molar-refractivity contribution in [1.29, 1.82) is 0 Å². The zero-order chi connectivity index (χ0) is 12.8. The van der Waals surface area contributed by atoms with Crippen LogP contribution in [0, 0.1) is 0 Å². The second-order valence-corrected chi connectivity index (χ2v) is 4.91. The lowest BCUT2D eigenvalue weighted by Crippen LogP contribution is -2.03. The minimum atomic E-state index is 0.550. The third kappa shape index (κ3) is 3.42. The molecule has 0 radical (unpaired) electrons. The minimum Gasteiger partial charge on any atom is -0.372 e. The monoisotopic (exact) mass is 305 g/mol. The molecule has 2 N–H and O–H groups in total. The average molecular weight is 306 g/mol. The Labute approximate surface area is 116 Å². The molecule has 0 amide bonds. The molecule has 2 rings (SSSR count). The first kappa shape index (κ1) is 13.3. The summed E-state index contributed by atoms with van der Waals surface area (Å²) in [7, 11) is 0. The molecule has 2 aromatic rings. The number of ether oxygens (including phenoxy) is 1. The van der Waals surface area contributed by atoms with Crippen molar-refractivity contribution in [3.05, 3.63) is 69.7 Å². The molecule has 0 spiro atoms. The van der Waals surface area contributed by atoms with Gasteiger partial charge < -0.3 is 10.5 Å². The topological polar surface area (TPSA) is 35.2 Å². The van der Waals surface area contributed by atoms with Crippen LogP contribution in [-0.2, 0) is 24.5 Å². The van der Waals surface area contributed by atoms with E-state index in [4.69, 9.17) is 10.5 Å². The Bertz CT molecular complexity index is 513. The van der Waals surface area contributed by atoms with Crippen molar-refractivity contribution in [2.45, 2.75) is 19.8 Å². The summed E-state index contributed by atoms with van der Waals surface area (Å²) in [6.45, 7) is 1.74. The van der Waals surface area contributed by atoms with Gasteiger partial charge in [-0.3, -0.25) is 0 Å². The first-order valence-electron chi connectivity index (χ1n) is 5.89. The van der Waals surface area contributed by atoms with Crippen molar-refractivity contribution in [1.82, 2.24) is 0 Å². The summed E-state index contributed by atoms with van der Waals surface area (Å²) < 4.78 is 6.82. The number of halogens is 1. The average Bonchev–Trinajstić information content (AvgIpc) is 2.41. The predicted molar refractivity (Wildman–Crippen MR) is 77.0 cm³/mol. The molecule has 0 bridgehead atoms. The fourth-order valence-corrected chi connectivity index (χ4v) is 2.18. The zero-order valence-corrected chi connectivity index (χ0v) is 11.7. The van der Waals surface area contributed by atoms with E-state index < -0.39 is 0 Å². The van der Waals surface area contributed by atoms with Gasteiger partial charge >= 0.3 is 0 Å². The van der Waals surface area contributed by atoms with E-state index in [0.717, 1.165) is 21.2 Å². The van der Waals surface area contributed by atoms with Gasteiger partial charge in [-0.25, -0.2) is 0 Å². The molecule has 0 aromatic heterocycles. The van der Waals surface area contributed by atoms with E-state index in [9.17, 15) is 0 Å². The van der Waals surface area contributed by atoms with Gasteiger partial charge in [-0.1, -0.05) is 58.4 Å². The zero-order valence-electron chi connectivity index (χ0n) is 10.1. The third-order valence-electron chi connectivity index (χ3n) is 2.81. The quantitative estimate of drug-likeness (QED) is 0.915. The molecule has 0 aliphatic rings. The van der Waals surface area contributed by atoms with Gasteiger partial charge in [0, 0.05) is 11.0 Å². The lowest BCUT2D eigenvalue weighted by molar-refractivity contribution is 0.106. The van der Waals surface area contributed by atoms with Crippen molar-refractivity contribution in [2.24, 2.45) is 5.73 Å². The van der Waals surface area contributed by atoms with Crippen molar-refractivity contribution in [3.8, 4) is 0 Å². The van der Waals surface area contributed by atoms with Crippen LogP contribution in [0.3, 0.4) is 0 Å². The lowest BCUT2D eigenvalue weighted by atomic mass is 10.1. The fraction of sp³-hybridized carbons (Fsp3) is 0.200. The highest BCUT2D eigenvalue weighted by Crippen LogP contribution is 2.17. The molecule has 0 atom stereocenters. The van der Waals surface area contributed by atoms with Crippen molar-refractivity contribution < 1.29 is 4.74 Å².